The third-order valence-electron chi connectivity index (χ3n) is 15.1. The van der Waals surface area contributed by atoms with Gasteiger partial charge in [0, 0.05) is 48.5 Å². The minimum Gasteiger partial charge on any atom is -0.383 e. The van der Waals surface area contributed by atoms with Gasteiger partial charge in [-0.25, -0.2) is 18.6 Å². The van der Waals surface area contributed by atoms with E-state index in [1.807, 2.05) is 0 Å². The Labute approximate surface area is 324 Å². The van der Waals surface area contributed by atoms with E-state index in [9.17, 15) is 5.11 Å². The van der Waals surface area contributed by atoms with Crippen molar-refractivity contribution in [1.29, 1.82) is 0 Å². The smallest absolute Gasteiger partial charge is 0.213 e. The summed E-state index contributed by atoms with van der Waals surface area (Å²) in [5, 5.41) is 13.2. The van der Waals surface area contributed by atoms with Gasteiger partial charge in [-0.05, 0) is 127 Å². The number of nitrogens with zero attached hydrogens (tertiary/aromatic N) is 2. The fourth-order valence-electron chi connectivity index (χ4n) is 11.8. The summed E-state index contributed by atoms with van der Waals surface area (Å²) in [6.45, 7) is 8.41. The van der Waals surface area contributed by atoms with Crippen LogP contribution in [0.4, 0.5) is 5.69 Å². The molecule has 4 aromatic rings. The van der Waals surface area contributed by atoms with Crippen LogP contribution in [-0.4, -0.2) is 24.8 Å². The third-order valence-corrected chi connectivity index (χ3v) is 15.1. The highest BCUT2D eigenvalue weighted by atomic mass is 35.7. The summed E-state index contributed by atoms with van der Waals surface area (Å²) < 4.78 is 36.5. The molecular formula is C46H57ClN2O5. The van der Waals surface area contributed by atoms with E-state index in [2.05, 4.69) is 141 Å². The number of rotatable bonds is 6. The number of pyridine rings is 1. The van der Waals surface area contributed by atoms with Crippen LogP contribution in [0.5, 0.6) is 0 Å². The number of hydrogen-bond donors (Lipinski definition) is 1. The summed E-state index contributed by atoms with van der Waals surface area (Å²) in [7, 11) is -0.761. The van der Waals surface area contributed by atoms with Crippen LogP contribution in [0.3, 0.4) is 0 Å². The summed E-state index contributed by atoms with van der Waals surface area (Å²) in [6.07, 6.45) is 12.8. The van der Waals surface area contributed by atoms with Gasteiger partial charge in [0.05, 0.1) is 0 Å². The van der Waals surface area contributed by atoms with Gasteiger partial charge in [-0.1, -0.05) is 82.1 Å². The Morgan fingerprint density at radius 2 is 1.15 bits per heavy atom. The third kappa shape index (κ3) is 7.13. The van der Waals surface area contributed by atoms with Gasteiger partial charge >= 0.3 is 0 Å². The summed E-state index contributed by atoms with van der Waals surface area (Å²) in [4.78, 5) is 2.15. The molecule has 0 radical (unpaired) electrons. The molecule has 4 aliphatic rings. The first-order chi connectivity index (χ1) is 25.6. The molecule has 1 aromatic heterocycles. The van der Waals surface area contributed by atoms with Crippen LogP contribution in [-0.2, 0) is 6.54 Å². The number of anilines is 1. The molecule has 0 aliphatic heterocycles. The summed E-state index contributed by atoms with van der Waals surface area (Å²) >= 11 is 0. The maximum Gasteiger partial charge on any atom is 0.213 e. The molecule has 0 saturated heterocycles. The maximum atomic E-state index is 13.2. The molecular weight excluding hydrogens is 696 g/mol. The Kier molecular flexibility index (Phi) is 10.6. The number of aliphatic hydroxyl groups is 1. The molecule has 7 atom stereocenters. The van der Waals surface area contributed by atoms with Crippen LogP contribution in [0.2, 0.25) is 0 Å². The Hall–Kier alpha value is -3.30. The van der Waals surface area contributed by atoms with Crippen molar-refractivity contribution in [2.45, 2.75) is 97.1 Å². The molecule has 0 spiro atoms. The average Bonchev–Trinajstić information content (AvgIpc) is 3.41. The van der Waals surface area contributed by atoms with Gasteiger partial charge in [-0.15, -0.1) is 10.2 Å². The molecule has 1 N–H and O–H groups in total. The van der Waals surface area contributed by atoms with E-state index in [0.29, 0.717) is 23.3 Å². The zero-order valence-corrected chi connectivity index (χ0v) is 33.4. The molecule has 288 valence electrons. The van der Waals surface area contributed by atoms with Crippen molar-refractivity contribution in [2.24, 2.45) is 34.0 Å². The minimum atomic E-state index is -4.94. The lowest BCUT2D eigenvalue weighted by Crippen LogP contribution is -2.68. The highest BCUT2D eigenvalue weighted by Gasteiger charge is 2.67. The quantitative estimate of drug-likeness (QED) is 0.248. The summed E-state index contributed by atoms with van der Waals surface area (Å²) in [6, 6.07) is 35.4. The van der Waals surface area contributed by atoms with E-state index in [-0.39, 0.29) is 5.41 Å². The van der Waals surface area contributed by atoms with Crippen LogP contribution in [0.1, 0.15) is 85.0 Å². The maximum absolute atomic E-state index is 13.2. The Balaban J connectivity index is 0.000000846. The van der Waals surface area contributed by atoms with E-state index in [1.54, 1.807) is 0 Å². The van der Waals surface area contributed by atoms with Crippen molar-refractivity contribution in [3.8, 4) is 33.6 Å². The van der Waals surface area contributed by atoms with Crippen molar-refractivity contribution in [3.63, 3.8) is 0 Å². The van der Waals surface area contributed by atoms with Crippen LogP contribution in [0, 0.1) is 44.2 Å². The van der Waals surface area contributed by atoms with Gasteiger partial charge in [0.1, 0.15) is 5.60 Å². The second kappa shape index (κ2) is 14.6. The van der Waals surface area contributed by atoms with Gasteiger partial charge < -0.3 is 10.0 Å². The van der Waals surface area contributed by atoms with E-state index >= 15 is 0 Å². The van der Waals surface area contributed by atoms with Crippen molar-refractivity contribution < 1.29 is 38.6 Å². The monoisotopic (exact) mass is 752 g/mol. The Morgan fingerprint density at radius 1 is 0.630 bits per heavy atom. The first kappa shape index (κ1) is 39.0. The van der Waals surface area contributed by atoms with E-state index in [0.717, 1.165) is 31.1 Å². The first-order valence-corrected chi connectivity index (χ1v) is 21.1. The highest BCUT2D eigenvalue weighted by Crippen LogP contribution is 2.71. The molecule has 8 heteroatoms. The molecule has 8 rings (SSSR count). The zero-order chi connectivity index (χ0) is 38.5. The van der Waals surface area contributed by atoms with Gasteiger partial charge in [0.15, 0.2) is 6.54 Å². The predicted octanol–water partition coefficient (Wildman–Crippen LogP) is 5.84. The SMILES string of the molecule is CN(C)c1ccc(-c2cc(-c3ccccc3)[n+](C[C@@]3(O)CCC4C5CC[C@@]6(C)CCCCC6(C)C5CCC43C)c(-c3ccccc3)c2)cc1.[O-][Cl+3]([O-])([O-])[O-]. The lowest BCUT2D eigenvalue weighted by atomic mass is 9.40. The molecule has 0 amide bonds. The Morgan fingerprint density at radius 3 is 1.70 bits per heavy atom. The van der Waals surface area contributed by atoms with Gasteiger partial charge in [-0.3, -0.25) is 0 Å². The van der Waals surface area contributed by atoms with E-state index < -0.39 is 15.8 Å². The van der Waals surface area contributed by atoms with Crippen molar-refractivity contribution >= 4 is 5.69 Å². The fourth-order valence-corrected chi connectivity index (χ4v) is 11.8. The van der Waals surface area contributed by atoms with Crippen LogP contribution in [0.25, 0.3) is 33.6 Å². The predicted molar refractivity (Wildman–Crippen MR) is 203 cm³/mol. The second-order valence-electron chi connectivity index (χ2n) is 17.8. The average molecular weight is 753 g/mol. The van der Waals surface area contributed by atoms with E-state index in [4.69, 9.17) is 18.6 Å². The van der Waals surface area contributed by atoms with Crippen molar-refractivity contribution in [2.75, 3.05) is 19.0 Å². The van der Waals surface area contributed by atoms with E-state index in [1.165, 1.54) is 84.3 Å². The van der Waals surface area contributed by atoms with Crippen LogP contribution >= 0.6 is 0 Å². The molecule has 3 aromatic carbocycles. The topological polar surface area (TPSA) is 120 Å². The number of hydrogen-bond acceptors (Lipinski definition) is 6. The first-order valence-electron chi connectivity index (χ1n) is 19.9. The molecule has 5 unspecified atom stereocenters. The molecule has 4 aliphatic carbocycles. The van der Waals surface area contributed by atoms with Gasteiger partial charge in [0.25, 0.3) is 0 Å². The fraction of sp³-hybridized carbons (Fsp3) is 0.500. The van der Waals surface area contributed by atoms with Gasteiger partial charge in [-0.2, -0.15) is 4.57 Å². The Bertz CT molecular complexity index is 1850. The molecule has 4 saturated carbocycles. The molecule has 4 fully saturated rings. The summed E-state index contributed by atoms with van der Waals surface area (Å²) in [5.74, 6) is 2.14. The molecule has 7 nitrogen and oxygen atoms in total. The molecule has 0 bridgehead atoms. The van der Waals surface area contributed by atoms with Crippen LogP contribution in [0.15, 0.2) is 97.1 Å². The molecule has 1 heterocycles. The van der Waals surface area contributed by atoms with Crippen molar-refractivity contribution in [1.82, 2.24) is 0 Å². The number of halogens is 1. The standard InChI is InChI=1S/C46H57N2O.ClHO4/c1-43-25-12-13-26-44(43,2)39-23-28-45(3)40(38(39)22-27-43)24-29-46(45,49)32-48-41(34-14-8-6-9-15-34)30-36(31-42(48)35-16-10-7-11-17-35)33-18-20-37(21-19-33)47(4)5;2-1(3,4)5/h6-11,14-21,30-31,38-40,49H,12-13,22-29,32H2,1-5H3;(H,2,3,4,5)/q+1;/p-1/t38?,39?,40?,43-,44?,45?,46+;/m1./s1. The highest BCUT2D eigenvalue weighted by molar-refractivity contribution is 5.74. The number of aromatic nitrogens is 1. The normalized spacial score (nSPS) is 31.7. The number of benzene rings is 3. The largest absolute Gasteiger partial charge is 0.383 e. The second-order valence-corrected chi connectivity index (χ2v) is 18.5. The number of fused-ring (bicyclic) bond motifs is 5. The zero-order valence-electron chi connectivity index (χ0n) is 32.6. The van der Waals surface area contributed by atoms with Gasteiger partial charge in [0.2, 0.25) is 11.4 Å². The summed E-state index contributed by atoms with van der Waals surface area (Å²) in [5.41, 5.74) is 8.41. The van der Waals surface area contributed by atoms with Crippen molar-refractivity contribution in [3.05, 3.63) is 97.1 Å². The minimum absolute atomic E-state index is 0.0947. The molecule has 54 heavy (non-hydrogen) atoms. The van der Waals surface area contributed by atoms with Crippen LogP contribution < -0.4 is 28.1 Å². The lowest BCUT2D eigenvalue weighted by molar-refractivity contribution is -2.00. The lowest BCUT2D eigenvalue weighted by Gasteiger charge is -2.65.